The molecule has 2 aromatic heterocycles. The maximum atomic E-state index is 12.2. The average Bonchev–Trinajstić information content (AvgIpc) is 3.11. The zero-order chi connectivity index (χ0) is 20.1. The Morgan fingerprint density at radius 3 is 2.30 bits per heavy atom. The van der Waals surface area contributed by atoms with Gasteiger partial charge in [0.1, 0.15) is 5.00 Å². The Morgan fingerprint density at radius 2 is 1.74 bits per heavy atom. The average molecular weight is 410 g/mol. The summed E-state index contributed by atoms with van der Waals surface area (Å²) in [5.74, 6) is -1.50. The van der Waals surface area contributed by atoms with Gasteiger partial charge in [-0.2, -0.15) is 0 Å². The first-order chi connectivity index (χ1) is 12.8. The lowest BCUT2D eigenvalue weighted by Gasteiger charge is -2.08. The monoisotopic (exact) mass is 409 g/mol. The predicted molar refractivity (Wildman–Crippen MR) is 107 cm³/mol. The lowest BCUT2D eigenvalue weighted by atomic mass is 10.1. The van der Waals surface area contributed by atoms with Crippen LogP contribution in [0.25, 0.3) is 0 Å². The zero-order valence-electron chi connectivity index (χ0n) is 16.1. The van der Waals surface area contributed by atoms with Gasteiger partial charge in [-0.15, -0.1) is 22.7 Å². The number of ether oxygens (including phenoxy) is 2. The van der Waals surface area contributed by atoms with Crippen LogP contribution in [0.1, 0.15) is 54.8 Å². The van der Waals surface area contributed by atoms with Crippen molar-refractivity contribution in [2.75, 3.05) is 18.5 Å². The Labute approximate surface area is 166 Å². The van der Waals surface area contributed by atoms with Gasteiger partial charge in [0.2, 0.25) is 0 Å². The fourth-order valence-electron chi connectivity index (χ4n) is 2.64. The summed E-state index contributed by atoms with van der Waals surface area (Å²) in [6.07, 6.45) is 0.741. The summed E-state index contributed by atoms with van der Waals surface area (Å²) in [4.78, 5) is 39.5. The molecule has 6 nitrogen and oxygen atoms in total. The van der Waals surface area contributed by atoms with Gasteiger partial charge in [-0.25, -0.2) is 9.59 Å². The van der Waals surface area contributed by atoms with Crippen molar-refractivity contribution < 1.29 is 23.9 Å². The molecule has 0 radical (unpaired) electrons. The minimum atomic E-state index is -0.533. The number of hydrogen-bond acceptors (Lipinski definition) is 7. The van der Waals surface area contributed by atoms with Crippen molar-refractivity contribution in [3.05, 3.63) is 37.4 Å². The van der Waals surface area contributed by atoms with Crippen molar-refractivity contribution >= 4 is 45.5 Å². The quantitative estimate of drug-likeness (QED) is 0.691. The van der Waals surface area contributed by atoms with E-state index in [1.807, 2.05) is 27.7 Å². The molecule has 0 unspecified atom stereocenters. The molecule has 146 valence electrons. The lowest BCUT2D eigenvalue weighted by molar-refractivity contribution is -0.119. The van der Waals surface area contributed by atoms with Crippen molar-refractivity contribution in [3.63, 3.8) is 0 Å². The summed E-state index contributed by atoms with van der Waals surface area (Å²) in [5.41, 5.74) is 1.64. The molecule has 0 aromatic carbocycles. The van der Waals surface area contributed by atoms with Gasteiger partial charge in [-0.1, -0.05) is 6.92 Å². The maximum Gasteiger partial charge on any atom is 0.341 e. The van der Waals surface area contributed by atoms with Crippen molar-refractivity contribution in [2.45, 2.75) is 41.0 Å². The molecule has 0 bridgehead atoms. The molecule has 1 amide bonds. The highest BCUT2D eigenvalue weighted by atomic mass is 32.1. The minimum Gasteiger partial charge on any atom is -0.462 e. The van der Waals surface area contributed by atoms with Crippen molar-refractivity contribution in [3.8, 4) is 0 Å². The molecule has 2 rings (SSSR count). The second kappa shape index (κ2) is 9.14. The number of nitrogens with one attached hydrogen (secondary N) is 1. The van der Waals surface area contributed by atoms with E-state index in [1.165, 1.54) is 22.7 Å². The van der Waals surface area contributed by atoms with Crippen LogP contribution >= 0.6 is 22.7 Å². The number of hydrogen-bond donors (Lipinski definition) is 1. The summed E-state index contributed by atoms with van der Waals surface area (Å²) in [6, 6.07) is 1.75. The number of rotatable bonds is 7. The van der Waals surface area contributed by atoms with E-state index in [1.54, 1.807) is 13.0 Å². The van der Waals surface area contributed by atoms with Crippen LogP contribution in [-0.2, 0) is 20.7 Å². The largest absolute Gasteiger partial charge is 0.462 e. The Hall–Kier alpha value is -2.19. The van der Waals surface area contributed by atoms with E-state index in [0.29, 0.717) is 16.1 Å². The number of carbonyl (C=O) groups is 3. The molecule has 0 aliphatic carbocycles. The Balaban J connectivity index is 2.08. The normalized spacial score (nSPS) is 10.6. The van der Waals surface area contributed by atoms with Gasteiger partial charge < -0.3 is 14.8 Å². The third-order valence-electron chi connectivity index (χ3n) is 3.89. The fourth-order valence-corrected chi connectivity index (χ4v) is 4.70. The number of esters is 2. The van der Waals surface area contributed by atoms with E-state index < -0.39 is 24.5 Å². The molecule has 0 aliphatic rings. The Morgan fingerprint density at radius 1 is 1.04 bits per heavy atom. The van der Waals surface area contributed by atoms with Crippen LogP contribution in [0.3, 0.4) is 0 Å². The molecule has 0 saturated carbocycles. The summed E-state index contributed by atoms with van der Waals surface area (Å²) >= 11 is 2.83. The topological polar surface area (TPSA) is 81.7 Å². The number of carbonyl (C=O) groups excluding carboxylic acids is 3. The fraction of sp³-hybridized carbons (Fsp3) is 0.421. The van der Waals surface area contributed by atoms with Crippen molar-refractivity contribution in [2.24, 2.45) is 0 Å². The van der Waals surface area contributed by atoms with Crippen LogP contribution in [0.4, 0.5) is 5.00 Å². The molecule has 27 heavy (non-hydrogen) atoms. The van der Waals surface area contributed by atoms with Gasteiger partial charge in [0.05, 0.1) is 17.7 Å². The third-order valence-corrected chi connectivity index (χ3v) is 6.21. The lowest BCUT2D eigenvalue weighted by Crippen LogP contribution is -2.21. The number of thiophene rings is 2. The number of aryl methyl sites for hydroxylation is 3. The highest BCUT2D eigenvalue weighted by molar-refractivity contribution is 7.17. The number of amides is 1. The third kappa shape index (κ3) is 4.95. The molecule has 0 spiro atoms. The molecule has 2 heterocycles. The second-order valence-electron chi connectivity index (χ2n) is 5.88. The van der Waals surface area contributed by atoms with Gasteiger partial charge in [-0.05, 0) is 45.7 Å². The van der Waals surface area contributed by atoms with E-state index in [2.05, 4.69) is 5.32 Å². The van der Waals surface area contributed by atoms with Gasteiger partial charge in [0.25, 0.3) is 5.91 Å². The summed E-state index contributed by atoms with van der Waals surface area (Å²) in [6.45, 7) is 9.11. The van der Waals surface area contributed by atoms with Gasteiger partial charge in [0, 0.05) is 14.6 Å². The molecule has 0 saturated heterocycles. The summed E-state index contributed by atoms with van der Waals surface area (Å²) in [5, 5.41) is 3.10. The van der Waals surface area contributed by atoms with E-state index >= 15 is 0 Å². The van der Waals surface area contributed by atoms with Crippen LogP contribution in [-0.4, -0.2) is 31.1 Å². The smallest absolute Gasteiger partial charge is 0.341 e. The van der Waals surface area contributed by atoms with Gasteiger partial charge in [-0.3, -0.25) is 4.79 Å². The second-order valence-corrected chi connectivity index (χ2v) is 8.45. The van der Waals surface area contributed by atoms with Crippen LogP contribution in [0.5, 0.6) is 0 Å². The highest BCUT2D eigenvalue weighted by Crippen LogP contribution is 2.34. The van der Waals surface area contributed by atoms with E-state index in [0.717, 1.165) is 26.6 Å². The molecule has 0 fully saturated rings. The summed E-state index contributed by atoms with van der Waals surface area (Å²) in [7, 11) is 0. The van der Waals surface area contributed by atoms with Gasteiger partial charge >= 0.3 is 11.9 Å². The molecule has 0 atom stereocenters. The van der Waals surface area contributed by atoms with E-state index in [9.17, 15) is 14.4 Å². The SMILES string of the molecule is CCOC(=O)c1c(NC(=O)COC(=O)c2cc(C)sc2C)sc(CC)c1C. The van der Waals surface area contributed by atoms with Crippen LogP contribution in [0, 0.1) is 20.8 Å². The first kappa shape index (κ1) is 21.1. The Kier molecular flexibility index (Phi) is 7.15. The van der Waals surface area contributed by atoms with Crippen molar-refractivity contribution in [1.29, 1.82) is 0 Å². The van der Waals surface area contributed by atoms with Crippen molar-refractivity contribution in [1.82, 2.24) is 0 Å². The van der Waals surface area contributed by atoms with Crippen LogP contribution in [0.15, 0.2) is 6.07 Å². The first-order valence-electron chi connectivity index (χ1n) is 8.61. The van der Waals surface area contributed by atoms with E-state index in [4.69, 9.17) is 9.47 Å². The van der Waals surface area contributed by atoms with Crippen LogP contribution < -0.4 is 5.32 Å². The highest BCUT2D eigenvalue weighted by Gasteiger charge is 2.23. The first-order valence-corrected chi connectivity index (χ1v) is 10.2. The number of anilines is 1. The van der Waals surface area contributed by atoms with E-state index in [-0.39, 0.29) is 6.61 Å². The van der Waals surface area contributed by atoms with Gasteiger partial charge in [0.15, 0.2) is 6.61 Å². The minimum absolute atomic E-state index is 0.250. The standard InChI is InChI=1S/C19H23NO5S2/c1-6-14-11(4)16(19(23)24-7-2)17(27-14)20-15(21)9-25-18(22)13-8-10(3)26-12(13)5/h8H,6-7,9H2,1-5H3,(H,20,21). The molecular formula is C19H23NO5S2. The molecule has 0 aliphatic heterocycles. The maximum absolute atomic E-state index is 12.2. The molecular weight excluding hydrogens is 386 g/mol. The molecule has 1 N–H and O–H groups in total. The Bertz CT molecular complexity index is 866. The van der Waals surface area contributed by atoms with Crippen LogP contribution in [0.2, 0.25) is 0 Å². The molecule has 8 heteroatoms. The zero-order valence-corrected chi connectivity index (χ0v) is 17.7. The molecule has 2 aromatic rings. The summed E-state index contributed by atoms with van der Waals surface area (Å²) < 4.78 is 10.2. The predicted octanol–water partition coefficient (Wildman–Crippen LogP) is 4.27.